The fourth-order valence-corrected chi connectivity index (χ4v) is 7.50. The van der Waals surface area contributed by atoms with Crippen molar-refractivity contribution in [1.29, 1.82) is 0 Å². The Morgan fingerprint density at radius 1 is 1.00 bits per heavy atom. The smallest absolute Gasteiger partial charge is 0.281 e. The Labute approximate surface area is 236 Å². The molecule has 2 saturated carbocycles. The normalized spacial score (nSPS) is 21.7. The summed E-state index contributed by atoms with van der Waals surface area (Å²) in [6, 6.07) is 12.8. The van der Waals surface area contributed by atoms with Crippen LogP contribution in [0.4, 0.5) is 5.95 Å². The number of sulfonamides is 1. The lowest BCUT2D eigenvalue weighted by Crippen LogP contribution is -2.54. The molecule has 1 atom stereocenters. The van der Waals surface area contributed by atoms with E-state index in [9.17, 15) is 13.2 Å². The molecule has 0 radical (unpaired) electrons. The molecule has 40 heavy (non-hydrogen) atoms. The Bertz CT molecular complexity index is 1550. The van der Waals surface area contributed by atoms with Crippen LogP contribution in [0.5, 0.6) is 0 Å². The van der Waals surface area contributed by atoms with Crippen molar-refractivity contribution in [3.8, 4) is 11.3 Å². The number of nitrogens with one attached hydrogen (secondary N) is 1. The lowest BCUT2D eigenvalue weighted by molar-refractivity contribution is 0.0177. The summed E-state index contributed by atoms with van der Waals surface area (Å²) >= 11 is 0. The van der Waals surface area contributed by atoms with Crippen molar-refractivity contribution in [3.63, 3.8) is 0 Å². The van der Waals surface area contributed by atoms with Gasteiger partial charge in [-0.15, -0.1) is 0 Å². The second kappa shape index (κ2) is 9.94. The van der Waals surface area contributed by atoms with Gasteiger partial charge in [-0.2, -0.15) is 8.42 Å². The van der Waals surface area contributed by atoms with Crippen molar-refractivity contribution >= 4 is 21.9 Å². The second-order valence-corrected chi connectivity index (χ2v) is 14.0. The first kappa shape index (κ1) is 26.9. The van der Waals surface area contributed by atoms with Crippen LogP contribution in [0.3, 0.4) is 0 Å². The number of benzene rings is 1. The van der Waals surface area contributed by atoms with Crippen molar-refractivity contribution < 1.29 is 13.2 Å². The van der Waals surface area contributed by atoms with Crippen LogP contribution >= 0.6 is 0 Å². The third-order valence-corrected chi connectivity index (χ3v) is 9.98. The predicted molar refractivity (Wildman–Crippen MR) is 154 cm³/mol. The van der Waals surface area contributed by atoms with Gasteiger partial charge < -0.3 is 4.90 Å². The quantitative estimate of drug-likeness (QED) is 0.440. The number of hydrogen-bond acceptors (Lipinski definition) is 6. The number of aromatic nitrogens is 3. The van der Waals surface area contributed by atoms with Crippen molar-refractivity contribution in [2.24, 2.45) is 11.3 Å². The van der Waals surface area contributed by atoms with E-state index in [0.29, 0.717) is 23.4 Å². The number of carbonyl (C=O) groups excluding carboxylic acids is 1. The van der Waals surface area contributed by atoms with E-state index in [1.54, 1.807) is 12.1 Å². The predicted octanol–water partition coefficient (Wildman–Crippen LogP) is 5.70. The molecule has 8 nitrogen and oxygen atoms in total. The van der Waals surface area contributed by atoms with E-state index in [0.717, 1.165) is 48.1 Å². The number of nitrogens with zero attached hydrogens (tertiary/aromatic N) is 4. The molecular weight excluding hydrogens is 522 g/mol. The minimum atomic E-state index is -4.13. The Balaban J connectivity index is 1.48. The highest BCUT2D eigenvalue weighted by Gasteiger charge is 2.56. The molecule has 1 aromatic carbocycles. The van der Waals surface area contributed by atoms with E-state index in [2.05, 4.69) is 33.5 Å². The summed E-state index contributed by atoms with van der Waals surface area (Å²) in [5, 5.41) is -0.215. The van der Waals surface area contributed by atoms with Crippen LogP contribution in [0.15, 0.2) is 47.5 Å². The average Bonchev–Trinajstić information content (AvgIpc) is 3.67. The van der Waals surface area contributed by atoms with Crippen LogP contribution in [0.1, 0.15) is 79.7 Å². The molecule has 3 heterocycles. The standard InChI is InChI=1S/C31H37N5O3S/c1-19(2)15-23-12-11-22-16-26(28-20(3)7-5-8-21(28)4)34-30(32-22)35-40(38,39)27-10-6-9-25(33-27)29(37)36(23)24-17-31(18-24)13-14-31/h5-10,16,19,23-24H,11-15,17-18H2,1-4H3,(H,32,34,35)/t23-/m0/s1. The monoisotopic (exact) mass is 559 g/mol. The number of pyridine rings is 1. The molecule has 3 aliphatic rings. The van der Waals surface area contributed by atoms with Crippen LogP contribution in [0.25, 0.3) is 11.3 Å². The van der Waals surface area contributed by atoms with E-state index in [1.807, 2.05) is 43.0 Å². The van der Waals surface area contributed by atoms with Crippen LogP contribution < -0.4 is 4.72 Å². The zero-order valence-corrected chi connectivity index (χ0v) is 24.5. The summed E-state index contributed by atoms with van der Waals surface area (Å²) in [7, 11) is -4.13. The van der Waals surface area contributed by atoms with Gasteiger partial charge in [-0.25, -0.2) is 19.7 Å². The number of anilines is 1. The van der Waals surface area contributed by atoms with E-state index in [1.165, 1.54) is 18.9 Å². The van der Waals surface area contributed by atoms with Crippen LogP contribution in [0.2, 0.25) is 0 Å². The van der Waals surface area contributed by atoms with Gasteiger partial charge in [0, 0.05) is 23.3 Å². The second-order valence-electron chi connectivity index (χ2n) is 12.4. The maximum atomic E-state index is 14.1. The first-order valence-electron chi connectivity index (χ1n) is 14.3. The number of hydrogen-bond donors (Lipinski definition) is 1. The molecule has 210 valence electrons. The number of rotatable bonds is 4. The van der Waals surface area contributed by atoms with Crippen LogP contribution in [-0.2, 0) is 16.4 Å². The van der Waals surface area contributed by atoms with Gasteiger partial charge in [-0.3, -0.25) is 4.79 Å². The Hall–Kier alpha value is -3.33. The van der Waals surface area contributed by atoms with Crippen molar-refractivity contribution in [3.05, 3.63) is 65.0 Å². The molecule has 0 unspecified atom stereocenters. The van der Waals surface area contributed by atoms with E-state index in [-0.39, 0.29) is 34.7 Å². The first-order valence-corrected chi connectivity index (χ1v) is 15.8. The highest BCUT2D eigenvalue weighted by atomic mass is 32.2. The molecule has 0 saturated heterocycles. The maximum absolute atomic E-state index is 14.1. The number of fused-ring (bicyclic) bond motifs is 4. The van der Waals surface area contributed by atoms with Gasteiger partial charge in [0.15, 0.2) is 5.03 Å². The summed E-state index contributed by atoms with van der Waals surface area (Å²) in [6.07, 6.45) is 6.68. The Kier molecular flexibility index (Phi) is 6.68. The third kappa shape index (κ3) is 5.11. The van der Waals surface area contributed by atoms with Crippen molar-refractivity contribution in [2.45, 2.75) is 89.8 Å². The highest BCUT2D eigenvalue weighted by molar-refractivity contribution is 7.92. The fourth-order valence-electron chi connectivity index (χ4n) is 6.59. The van der Waals surface area contributed by atoms with Crippen LogP contribution in [-0.4, -0.2) is 46.3 Å². The van der Waals surface area contributed by atoms with Gasteiger partial charge in [-0.05, 0) is 99.5 Å². The van der Waals surface area contributed by atoms with Crippen LogP contribution in [0, 0.1) is 25.2 Å². The molecule has 2 aliphatic carbocycles. The molecule has 1 spiro atoms. The lowest BCUT2D eigenvalue weighted by Gasteiger charge is -2.47. The summed E-state index contributed by atoms with van der Waals surface area (Å²) < 4.78 is 29.5. The number of aryl methyl sites for hydroxylation is 3. The minimum absolute atomic E-state index is 0.00793. The average molecular weight is 560 g/mol. The molecule has 1 N–H and O–H groups in total. The summed E-state index contributed by atoms with van der Waals surface area (Å²) in [5.41, 5.74) is 5.08. The fraction of sp³-hybridized carbons (Fsp3) is 0.484. The van der Waals surface area contributed by atoms with Gasteiger partial charge in [0.05, 0.1) is 5.69 Å². The maximum Gasteiger partial charge on any atom is 0.281 e. The van der Waals surface area contributed by atoms with E-state index in [4.69, 9.17) is 0 Å². The van der Waals surface area contributed by atoms with Gasteiger partial charge in [0.25, 0.3) is 15.9 Å². The lowest BCUT2D eigenvalue weighted by atomic mass is 9.75. The van der Waals surface area contributed by atoms with Gasteiger partial charge in [0.2, 0.25) is 5.95 Å². The molecule has 1 amide bonds. The topological polar surface area (TPSA) is 105 Å². The number of carbonyl (C=O) groups is 1. The first-order chi connectivity index (χ1) is 19.0. The molecular formula is C31H37N5O3S. The zero-order chi connectivity index (χ0) is 28.2. The molecule has 3 aromatic rings. The third-order valence-electron chi connectivity index (χ3n) is 8.75. The molecule has 9 heteroatoms. The zero-order valence-electron chi connectivity index (χ0n) is 23.6. The van der Waals surface area contributed by atoms with Crippen molar-refractivity contribution in [2.75, 3.05) is 4.72 Å². The van der Waals surface area contributed by atoms with Crippen molar-refractivity contribution in [1.82, 2.24) is 19.9 Å². The molecule has 1 aliphatic heterocycles. The number of amides is 1. The van der Waals surface area contributed by atoms with E-state index >= 15 is 0 Å². The summed E-state index contributed by atoms with van der Waals surface area (Å²) in [4.78, 5) is 29.8. The molecule has 6 rings (SSSR count). The van der Waals surface area contributed by atoms with Gasteiger partial charge >= 0.3 is 0 Å². The van der Waals surface area contributed by atoms with E-state index < -0.39 is 10.0 Å². The highest BCUT2D eigenvalue weighted by Crippen LogP contribution is 2.62. The van der Waals surface area contributed by atoms with Gasteiger partial charge in [-0.1, -0.05) is 38.1 Å². The largest absolute Gasteiger partial charge is 0.331 e. The summed E-state index contributed by atoms with van der Waals surface area (Å²) in [6.45, 7) is 8.42. The van der Waals surface area contributed by atoms with Gasteiger partial charge in [0.1, 0.15) is 5.69 Å². The Morgan fingerprint density at radius 2 is 1.70 bits per heavy atom. The molecule has 4 bridgehead atoms. The Morgan fingerprint density at radius 3 is 2.38 bits per heavy atom. The summed E-state index contributed by atoms with van der Waals surface area (Å²) in [5.74, 6) is 0.217. The minimum Gasteiger partial charge on any atom is -0.331 e. The molecule has 2 aromatic heterocycles. The SMILES string of the molecule is Cc1cccc(C)c1-c1cc2nc(n1)NS(=O)(=O)c1cccc(n1)C(=O)N(C1CC3(CC3)C1)[C@H](CC(C)C)CC2. The molecule has 2 fully saturated rings.